The maximum absolute atomic E-state index is 12.7. The molecule has 1 atom stereocenters. The summed E-state index contributed by atoms with van der Waals surface area (Å²) in [6, 6.07) is 11.5. The first-order chi connectivity index (χ1) is 12.5. The molecule has 0 radical (unpaired) electrons. The number of aliphatic carboxylic acids is 1. The van der Waals surface area contributed by atoms with Crippen LogP contribution in [-0.4, -0.2) is 34.4 Å². The van der Waals surface area contributed by atoms with Crippen molar-refractivity contribution in [2.75, 3.05) is 11.6 Å². The van der Waals surface area contributed by atoms with Gasteiger partial charge in [-0.3, -0.25) is 19.9 Å². The van der Waals surface area contributed by atoms with Gasteiger partial charge < -0.3 is 5.11 Å². The Morgan fingerprint density at radius 3 is 2.50 bits per heavy atom. The Morgan fingerprint density at radius 1 is 1.23 bits per heavy atom. The lowest BCUT2D eigenvalue weighted by Gasteiger charge is -2.29. The molecule has 0 aliphatic heterocycles. The number of anilines is 1. The van der Waals surface area contributed by atoms with Gasteiger partial charge in [-0.2, -0.15) is 0 Å². The number of ketones is 1. The van der Waals surface area contributed by atoms with E-state index in [1.807, 2.05) is 0 Å². The molecule has 0 heterocycles. The van der Waals surface area contributed by atoms with Crippen LogP contribution in [0.3, 0.4) is 0 Å². The average Bonchev–Trinajstić information content (AvgIpc) is 2.65. The SMILES string of the molecule is C#CCNN(c1cccc([N+](=O)[O-])c1)C(C(=O)O)C(=O)c1ccccc1. The maximum atomic E-state index is 12.7. The summed E-state index contributed by atoms with van der Waals surface area (Å²) in [5.74, 6) is 0.180. The molecular formula is C18H15N3O5. The number of benzene rings is 2. The molecule has 132 valence electrons. The summed E-state index contributed by atoms with van der Waals surface area (Å²) >= 11 is 0. The summed E-state index contributed by atoms with van der Waals surface area (Å²) < 4.78 is 0. The van der Waals surface area contributed by atoms with Crippen molar-refractivity contribution < 1.29 is 19.6 Å². The number of terminal acetylenes is 1. The number of hydrogen-bond donors (Lipinski definition) is 2. The quantitative estimate of drug-likeness (QED) is 0.245. The minimum absolute atomic E-state index is 0.0749. The number of non-ortho nitro benzene ring substituents is 1. The number of hydrazine groups is 1. The van der Waals surface area contributed by atoms with E-state index in [-0.39, 0.29) is 23.5 Å². The van der Waals surface area contributed by atoms with Crippen molar-refractivity contribution in [2.45, 2.75) is 6.04 Å². The van der Waals surface area contributed by atoms with Crippen molar-refractivity contribution >= 4 is 23.1 Å². The first-order valence-corrected chi connectivity index (χ1v) is 7.48. The third kappa shape index (κ3) is 4.23. The van der Waals surface area contributed by atoms with Gasteiger partial charge in [0.1, 0.15) is 0 Å². The summed E-state index contributed by atoms with van der Waals surface area (Å²) in [5, 5.41) is 21.7. The van der Waals surface area contributed by atoms with Gasteiger partial charge in [0.15, 0.2) is 5.78 Å². The summed E-state index contributed by atoms with van der Waals surface area (Å²) in [5.41, 5.74) is 2.74. The van der Waals surface area contributed by atoms with E-state index in [0.29, 0.717) is 0 Å². The number of carbonyl (C=O) groups excluding carboxylic acids is 1. The minimum atomic E-state index is -1.66. The molecule has 2 N–H and O–H groups in total. The van der Waals surface area contributed by atoms with Crippen molar-refractivity contribution in [3.8, 4) is 12.3 Å². The Kier molecular flexibility index (Phi) is 6.03. The topological polar surface area (TPSA) is 113 Å². The van der Waals surface area contributed by atoms with Gasteiger partial charge in [-0.15, -0.1) is 6.42 Å². The molecule has 2 aromatic carbocycles. The number of rotatable bonds is 8. The highest BCUT2D eigenvalue weighted by Gasteiger charge is 2.34. The molecule has 0 fully saturated rings. The van der Waals surface area contributed by atoms with Gasteiger partial charge in [-0.25, -0.2) is 10.2 Å². The average molecular weight is 353 g/mol. The molecular weight excluding hydrogens is 338 g/mol. The zero-order valence-corrected chi connectivity index (χ0v) is 13.5. The van der Waals surface area contributed by atoms with E-state index in [0.717, 1.165) is 11.1 Å². The van der Waals surface area contributed by atoms with Crippen LogP contribution >= 0.6 is 0 Å². The number of nitro benzene ring substituents is 1. The fraction of sp³-hybridized carbons (Fsp3) is 0.111. The van der Waals surface area contributed by atoms with Gasteiger partial charge in [-0.05, 0) is 6.07 Å². The normalized spacial score (nSPS) is 11.2. The molecule has 0 aliphatic rings. The number of Topliss-reactive ketones (excluding diaryl/α,β-unsaturated/α-hetero) is 1. The van der Waals surface area contributed by atoms with E-state index in [2.05, 4.69) is 11.3 Å². The highest BCUT2D eigenvalue weighted by molar-refractivity contribution is 6.13. The number of nitrogens with one attached hydrogen (secondary N) is 1. The molecule has 26 heavy (non-hydrogen) atoms. The summed E-state index contributed by atoms with van der Waals surface area (Å²) in [6.07, 6.45) is 5.22. The first kappa shape index (κ1) is 18.6. The lowest BCUT2D eigenvalue weighted by Crippen LogP contribution is -2.54. The second kappa shape index (κ2) is 8.41. The van der Waals surface area contributed by atoms with E-state index in [1.165, 1.54) is 30.3 Å². The predicted octanol–water partition coefficient (Wildman–Crippen LogP) is 1.88. The Hall–Kier alpha value is -3.70. The standard InChI is InChI=1S/C18H15N3O5/c1-2-11-19-20(14-9-6-10-15(12-14)21(25)26)16(18(23)24)17(22)13-7-4-3-5-8-13/h1,3-10,12,16,19H,11H2,(H,23,24). The highest BCUT2D eigenvalue weighted by atomic mass is 16.6. The summed E-state index contributed by atoms with van der Waals surface area (Å²) in [7, 11) is 0. The van der Waals surface area contributed by atoms with Crippen LogP contribution in [0.25, 0.3) is 0 Å². The van der Waals surface area contributed by atoms with Gasteiger partial charge in [0.05, 0.1) is 17.2 Å². The molecule has 2 aromatic rings. The van der Waals surface area contributed by atoms with Crippen LogP contribution in [-0.2, 0) is 4.79 Å². The van der Waals surface area contributed by atoms with Crippen molar-refractivity contribution in [3.63, 3.8) is 0 Å². The van der Waals surface area contributed by atoms with Crippen molar-refractivity contribution in [3.05, 3.63) is 70.3 Å². The Labute approximate surface area is 149 Å². The van der Waals surface area contributed by atoms with Gasteiger partial charge in [0, 0.05) is 17.7 Å². The molecule has 0 saturated carbocycles. The zero-order valence-electron chi connectivity index (χ0n) is 13.5. The first-order valence-electron chi connectivity index (χ1n) is 7.48. The lowest BCUT2D eigenvalue weighted by molar-refractivity contribution is -0.384. The van der Waals surface area contributed by atoms with Crippen LogP contribution in [0.5, 0.6) is 0 Å². The monoisotopic (exact) mass is 353 g/mol. The molecule has 0 bridgehead atoms. The van der Waals surface area contributed by atoms with Crippen molar-refractivity contribution in [2.24, 2.45) is 0 Å². The fourth-order valence-corrected chi connectivity index (χ4v) is 2.32. The summed E-state index contributed by atoms with van der Waals surface area (Å²) in [4.78, 5) is 34.9. The predicted molar refractivity (Wildman–Crippen MR) is 94.6 cm³/mol. The fourth-order valence-electron chi connectivity index (χ4n) is 2.32. The van der Waals surface area contributed by atoms with E-state index >= 15 is 0 Å². The molecule has 2 rings (SSSR count). The third-order valence-corrected chi connectivity index (χ3v) is 3.47. The van der Waals surface area contributed by atoms with E-state index in [9.17, 15) is 24.8 Å². The Balaban J connectivity index is 2.49. The second-order valence-corrected chi connectivity index (χ2v) is 5.16. The third-order valence-electron chi connectivity index (χ3n) is 3.47. The number of carbonyl (C=O) groups is 2. The number of nitro groups is 1. The highest BCUT2D eigenvalue weighted by Crippen LogP contribution is 2.23. The smallest absolute Gasteiger partial charge is 0.336 e. The van der Waals surface area contributed by atoms with Crippen LogP contribution in [0.2, 0.25) is 0 Å². The Morgan fingerprint density at radius 2 is 1.92 bits per heavy atom. The lowest BCUT2D eigenvalue weighted by atomic mass is 10.0. The number of hydrogen-bond acceptors (Lipinski definition) is 6. The van der Waals surface area contributed by atoms with Crippen LogP contribution < -0.4 is 10.4 Å². The van der Waals surface area contributed by atoms with Crippen LogP contribution in [0.4, 0.5) is 11.4 Å². The van der Waals surface area contributed by atoms with E-state index < -0.39 is 22.7 Å². The molecule has 1 unspecified atom stereocenters. The summed E-state index contributed by atoms with van der Waals surface area (Å²) in [6.45, 7) is -0.0749. The molecule has 8 heteroatoms. The van der Waals surface area contributed by atoms with Crippen LogP contribution in [0.15, 0.2) is 54.6 Å². The number of nitrogens with zero attached hydrogens (tertiary/aromatic N) is 2. The van der Waals surface area contributed by atoms with E-state index in [4.69, 9.17) is 6.42 Å². The van der Waals surface area contributed by atoms with Gasteiger partial charge >= 0.3 is 5.97 Å². The Bertz CT molecular complexity index is 861. The number of carboxylic acid groups (broad SMARTS) is 1. The number of carboxylic acids is 1. The molecule has 0 amide bonds. The zero-order chi connectivity index (χ0) is 19.1. The van der Waals surface area contributed by atoms with Crippen molar-refractivity contribution in [1.29, 1.82) is 0 Å². The second-order valence-electron chi connectivity index (χ2n) is 5.16. The van der Waals surface area contributed by atoms with Gasteiger partial charge in [0.25, 0.3) is 5.69 Å². The minimum Gasteiger partial charge on any atom is -0.479 e. The molecule has 0 spiro atoms. The van der Waals surface area contributed by atoms with Crippen molar-refractivity contribution in [1.82, 2.24) is 5.43 Å². The van der Waals surface area contributed by atoms with Crippen LogP contribution in [0.1, 0.15) is 10.4 Å². The largest absolute Gasteiger partial charge is 0.479 e. The molecule has 0 saturated heterocycles. The molecule has 0 aliphatic carbocycles. The van der Waals surface area contributed by atoms with Gasteiger partial charge in [0.2, 0.25) is 6.04 Å². The molecule has 8 nitrogen and oxygen atoms in total. The van der Waals surface area contributed by atoms with Crippen LogP contribution in [0, 0.1) is 22.5 Å². The van der Waals surface area contributed by atoms with Gasteiger partial charge in [-0.1, -0.05) is 42.3 Å². The maximum Gasteiger partial charge on any atom is 0.336 e. The molecule has 0 aromatic heterocycles. The van der Waals surface area contributed by atoms with E-state index in [1.54, 1.807) is 18.2 Å².